The number of rotatable bonds is 3. The van der Waals surface area contributed by atoms with E-state index in [-0.39, 0.29) is 11.1 Å². The van der Waals surface area contributed by atoms with Gasteiger partial charge in [-0.2, -0.15) is 13.2 Å². The van der Waals surface area contributed by atoms with Crippen LogP contribution in [0.15, 0.2) is 29.6 Å². The van der Waals surface area contributed by atoms with Gasteiger partial charge in [0.1, 0.15) is 0 Å². The molecule has 6 heteroatoms. The van der Waals surface area contributed by atoms with Crippen LogP contribution in [0.1, 0.15) is 28.4 Å². The molecule has 0 aliphatic heterocycles. The fourth-order valence-electron chi connectivity index (χ4n) is 1.77. The highest BCUT2D eigenvalue weighted by atomic mass is 32.1. The summed E-state index contributed by atoms with van der Waals surface area (Å²) in [4.78, 5) is 11.6. The highest BCUT2D eigenvalue weighted by molar-refractivity contribution is 7.13. The summed E-state index contributed by atoms with van der Waals surface area (Å²) in [6.07, 6.45) is -3.79. The van der Waals surface area contributed by atoms with Crippen molar-refractivity contribution in [2.24, 2.45) is 0 Å². The average Bonchev–Trinajstić information content (AvgIpc) is 2.86. The predicted molar refractivity (Wildman–Crippen MR) is 71.1 cm³/mol. The maximum absolute atomic E-state index is 12.8. The first kappa shape index (κ1) is 14.6. The standard InChI is InChI=1S/C14H11F3O2S/c1-2-8-3-12(20-7-8)9-4-10(13(18)19)6-11(5-9)14(15,16)17/h3-7H,2H2,1H3,(H,18,19). The van der Waals surface area contributed by atoms with Crippen LogP contribution in [0, 0.1) is 0 Å². The molecule has 2 rings (SSSR count). The van der Waals surface area contributed by atoms with Crippen LogP contribution in [0.5, 0.6) is 0 Å². The summed E-state index contributed by atoms with van der Waals surface area (Å²) in [5.41, 5.74) is -0.0127. The highest BCUT2D eigenvalue weighted by Crippen LogP contribution is 2.35. The number of carboxylic acid groups (broad SMARTS) is 1. The van der Waals surface area contributed by atoms with Gasteiger partial charge in [0.25, 0.3) is 0 Å². The molecule has 0 radical (unpaired) electrons. The number of aromatic carboxylic acids is 1. The highest BCUT2D eigenvalue weighted by Gasteiger charge is 2.32. The summed E-state index contributed by atoms with van der Waals surface area (Å²) >= 11 is 1.31. The zero-order chi connectivity index (χ0) is 14.9. The van der Waals surface area contributed by atoms with Gasteiger partial charge in [-0.05, 0) is 47.2 Å². The van der Waals surface area contributed by atoms with Crippen LogP contribution in [0.2, 0.25) is 0 Å². The maximum atomic E-state index is 12.8. The van der Waals surface area contributed by atoms with Gasteiger partial charge in [-0.25, -0.2) is 4.79 Å². The molecule has 106 valence electrons. The van der Waals surface area contributed by atoms with Crippen LogP contribution in [-0.2, 0) is 12.6 Å². The summed E-state index contributed by atoms with van der Waals surface area (Å²) in [6.45, 7) is 1.95. The largest absolute Gasteiger partial charge is 0.478 e. The van der Waals surface area contributed by atoms with E-state index in [0.29, 0.717) is 10.9 Å². The second-order valence-electron chi connectivity index (χ2n) is 4.27. The predicted octanol–water partition coefficient (Wildman–Crippen LogP) is 4.69. The van der Waals surface area contributed by atoms with E-state index in [1.165, 1.54) is 17.4 Å². The number of thiophene rings is 1. The van der Waals surface area contributed by atoms with E-state index in [0.717, 1.165) is 18.1 Å². The number of aryl methyl sites for hydroxylation is 1. The molecule has 2 nitrogen and oxygen atoms in total. The van der Waals surface area contributed by atoms with Gasteiger partial charge in [-0.3, -0.25) is 0 Å². The van der Waals surface area contributed by atoms with E-state index in [9.17, 15) is 18.0 Å². The van der Waals surface area contributed by atoms with Crippen LogP contribution in [0.4, 0.5) is 13.2 Å². The number of carbonyl (C=O) groups is 1. The van der Waals surface area contributed by atoms with Crippen molar-refractivity contribution in [3.05, 3.63) is 46.3 Å². The number of halogens is 3. The Morgan fingerprint density at radius 3 is 2.45 bits per heavy atom. The van der Waals surface area contributed by atoms with Crippen LogP contribution < -0.4 is 0 Å². The van der Waals surface area contributed by atoms with E-state index in [2.05, 4.69) is 0 Å². The molecular weight excluding hydrogens is 289 g/mol. The molecular formula is C14H11F3O2S. The quantitative estimate of drug-likeness (QED) is 0.892. The Morgan fingerprint density at radius 2 is 1.95 bits per heavy atom. The molecule has 0 spiro atoms. The molecule has 0 amide bonds. The Bertz CT molecular complexity index is 644. The summed E-state index contributed by atoms with van der Waals surface area (Å²) in [5.74, 6) is -1.37. The Hall–Kier alpha value is -1.82. The Labute approximate surface area is 117 Å². The van der Waals surface area contributed by atoms with Gasteiger partial charge in [0.05, 0.1) is 11.1 Å². The number of carboxylic acids is 1. The van der Waals surface area contributed by atoms with Crippen molar-refractivity contribution in [2.75, 3.05) is 0 Å². The summed E-state index contributed by atoms with van der Waals surface area (Å²) in [6, 6.07) is 4.69. The van der Waals surface area contributed by atoms with E-state index in [1.54, 1.807) is 6.07 Å². The molecule has 0 saturated carbocycles. The van der Waals surface area contributed by atoms with Crippen LogP contribution in [-0.4, -0.2) is 11.1 Å². The molecule has 1 aromatic carbocycles. The van der Waals surface area contributed by atoms with Gasteiger partial charge in [0.2, 0.25) is 0 Å². The minimum Gasteiger partial charge on any atom is -0.478 e. The first-order chi connectivity index (χ1) is 9.31. The summed E-state index contributed by atoms with van der Waals surface area (Å²) in [7, 11) is 0. The normalized spacial score (nSPS) is 11.6. The van der Waals surface area contributed by atoms with Crippen LogP contribution in [0.25, 0.3) is 10.4 Å². The molecule has 1 heterocycles. The van der Waals surface area contributed by atoms with Crippen LogP contribution >= 0.6 is 11.3 Å². The topological polar surface area (TPSA) is 37.3 Å². The van der Waals surface area contributed by atoms with E-state index in [4.69, 9.17) is 5.11 Å². The first-order valence-electron chi connectivity index (χ1n) is 5.84. The zero-order valence-electron chi connectivity index (χ0n) is 10.5. The molecule has 0 bridgehead atoms. The van der Waals surface area contributed by atoms with Gasteiger partial charge in [0.15, 0.2) is 0 Å². The lowest BCUT2D eigenvalue weighted by molar-refractivity contribution is -0.137. The molecule has 0 aliphatic carbocycles. The van der Waals surface area contributed by atoms with E-state index >= 15 is 0 Å². The van der Waals surface area contributed by atoms with Crippen molar-refractivity contribution in [1.82, 2.24) is 0 Å². The van der Waals surface area contributed by atoms with Gasteiger partial charge in [-0.1, -0.05) is 6.92 Å². The molecule has 0 aliphatic rings. The van der Waals surface area contributed by atoms with Crippen LogP contribution in [0.3, 0.4) is 0 Å². The number of hydrogen-bond donors (Lipinski definition) is 1. The fourth-order valence-corrected chi connectivity index (χ4v) is 2.76. The summed E-state index contributed by atoms with van der Waals surface area (Å²) in [5, 5.41) is 10.8. The second kappa shape index (κ2) is 5.28. The van der Waals surface area contributed by atoms with Crippen molar-refractivity contribution in [1.29, 1.82) is 0 Å². The van der Waals surface area contributed by atoms with E-state index < -0.39 is 17.7 Å². The minimum absolute atomic E-state index is 0.280. The first-order valence-corrected chi connectivity index (χ1v) is 6.72. The van der Waals surface area contributed by atoms with Crippen molar-refractivity contribution in [3.8, 4) is 10.4 Å². The average molecular weight is 300 g/mol. The lowest BCUT2D eigenvalue weighted by Gasteiger charge is -2.09. The fraction of sp³-hybridized carbons (Fsp3) is 0.214. The third-order valence-corrected chi connectivity index (χ3v) is 3.88. The molecule has 0 fully saturated rings. The maximum Gasteiger partial charge on any atom is 0.416 e. The number of hydrogen-bond acceptors (Lipinski definition) is 2. The molecule has 1 aromatic heterocycles. The molecule has 0 unspecified atom stereocenters. The lowest BCUT2D eigenvalue weighted by atomic mass is 10.0. The SMILES string of the molecule is CCc1csc(-c2cc(C(=O)O)cc(C(F)(F)F)c2)c1. The Kier molecular flexibility index (Phi) is 3.85. The molecule has 0 saturated heterocycles. The van der Waals surface area contributed by atoms with Crippen molar-refractivity contribution >= 4 is 17.3 Å². The third-order valence-electron chi connectivity index (χ3n) is 2.85. The number of alkyl halides is 3. The molecule has 2 aromatic rings. The van der Waals surface area contributed by atoms with Crippen molar-refractivity contribution in [2.45, 2.75) is 19.5 Å². The smallest absolute Gasteiger partial charge is 0.416 e. The second-order valence-corrected chi connectivity index (χ2v) is 5.19. The number of benzene rings is 1. The molecule has 20 heavy (non-hydrogen) atoms. The van der Waals surface area contributed by atoms with Gasteiger partial charge < -0.3 is 5.11 Å². The molecule has 1 N–H and O–H groups in total. The monoisotopic (exact) mass is 300 g/mol. The third kappa shape index (κ3) is 3.01. The molecule has 0 atom stereocenters. The van der Waals surface area contributed by atoms with Crippen molar-refractivity contribution in [3.63, 3.8) is 0 Å². The lowest BCUT2D eigenvalue weighted by Crippen LogP contribution is -2.08. The van der Waals surface area contributed by atoms with E-state index in [1.807, 2.05) is 12.3 Å². The van der Waals surface area contributed by atoms with Gasteiger partial charge in [-0.15, -0.1) is 11.3 Å². The minimum atomic E-state index is -4.56. The summed E-state index contributed by atoms with van der Waals surface area (Å²) < 4.78 is 38.4. The van der Waals surface area contributed by atoms with Crippen molar-refractivity contribution < 1.29 is 23.1 Å². The zero-order valence-corrected chi connectivity index (χ0v) is 11.3. The van der Waals surface area contributed by atoms with Gasteiger partial charge in [0, 0.05) is 4.88 Å². The van der Waals surface area contributed by atoms with Gasteiger partial charge >= 0.3 is 12.1 Å². The Morgan fingerprint density at radius 1 is 1.25 bits per heavy atom. The Balaban J connectivity index is 2.57.